The fourth-order valence-corrected chi connectivity index (χ4v) is 2.99. The van der Waals surface area contributed by atoms with E-state index in [1.807, 2.05) is 67.6 Å². The van der Waals surface area contributed by atoms with Gasteiger partial charge in [0.25, 0.3) is 0 Å². The second-order valence-corrected chi connectivity index (χ2v) is 6.80. The molecular formula is C26H20F2IrN3. The smallest absolute Gasteiger partial charge is 0.808 e. The molecule has 0 aliphatic heterocycles. The van der Waals surface area contributed by atoms with Crippen LogP contribution in [0.5, 0.6) is 0 Å². The van der Waals surface area contributed by atoms with Crippen LogP contribution in [0.2, 0.25) is 0 Å². The maximum atomic E-state index is 13.8. The number of hydrogen-bond acceptors (Lipinski definition) is 1. The average molecular weight is 605 g/mol. The van der Waals surface area contributed by atoms with Crippen molar-refractivity contribution in [2.75, 3.05) is 0 Å². The molecule has 0 aliphatic rings. The predicted octanol–water partition coefficient (Wildman–Crippen LogP) is 7.60. The summed E-state index contributed by atoms with van der Waals surface area (Å²) in [6.07, 6.45) is 3.24. The fourth-order valence-electron chi connectivity index (χ4n) is 2.99. The first-order chi connectivity index (χ1) is 14.9. The van der Waals surface area contributed by atoms with E-state index in [4.69, 9.17) is 5.41 Å². The zero-order chi connectivity index (χ0) is 22.2. The summed E-state index contributed by atoms with van der Waals surface area (Å²) in [5.41, 5.74) is 2.64. The van der Waals surface area contributed by atoms with E-state index in [0.29, 0.717) is 5.69 Å². The second kappa shape index (κ2) is 12.0. The van der Waals surface area contributed by atoms with Gasteiger partial charge >= 0.3 is 20.1 Å². The van der Waals surface area contributed by atoms with Crippen molar-refractivity contribution in [2.24, 2.45) is 0 Å². The standard InChI is InChI=1S/C15H8F2N.C11H12N2.Ir/c16-11-5-6-13(14(17)9-11)15-12-4-2-1-3-10(12)7-8-18-15;1-9(12)8-10(2)13-11-6-4-3-5-7-11;/h1-5,7-9H;3-8H,1-2H3;/q-1;-2;+3/b;10-8-;. The number of allylic oxidation sites excluding steroid dienone is 2. The zero-order valence-corrected chi connectivity index (χ0v) is 19.9. The van der Waals surface area contributed by atoms with E-state index in [9.17, 15) is 8.78 Å². The van der Waals surface area contributed by atoms with Crippen molar-refractivity contribution >= 4 is 22.2 Å². The summed E-state index contributed by atoms with van der Waals surface area (Å²) in [6.45, 7) is 3.48. The first kappa shape index (κ1) is 25.1. The molecule has 0 radical (unpaired) electrons. The molecule has 0 N–H and O–H groups in total. The van der Waals surface area contributed by atoms with E-state index in [0.717, 1.165) is 34.3 Å². The molecule has 0 atom stereocenters. The summed E-state index contributed by atoms with van der Waals surface area (Å²) in [5.74, 6) is -1.30. The molecule has 32 heavy (non-hydrogen) atoms. The van der Waals surface area contributed by atoms with Gasteiger partial charge in [-0.1, -0.05) is 80.1 Å². The maximum Gasteiger partial charge on any atom is 3.00 e. The van der Waals surface area contributed by atoms with Crippen LogP contribution in [-0.2, 0) is 20.1 Å². The maximum absolute atomic E-state index is 13.8. The SMILES string of the molecule is CC(=[N-])/C=C(/C)[N-]c1ccccc1.Fc1c[c-]c(-c2nccc3ccccc23)c(F)c1.[Ir+3]. The first-order valence-electron chi connectivity index (χ1n) is 9.62. The van der Waals surface area contributed by atoms with Gasteiger partial charge in [0.05, 0.1) is 0 Å². The van der Waals surface area contributed by atoms with E-state index in [-0.39, 0.29) is 31.4 Å². The van der Waals surface area contributed by atoms with Crippen LogP contribution >= 0.6 is 0 Å². The normalized spacial score (nSPS) is 10.6. The van der Waals surface area contributed by atoms with Crippen LogP contribution in [0.15, 0.2) is 90.8 Å². The number of aromatic nitrogens is 1. The van der Waals surface area contributed by atoms with Crippen LogP contribution in [0.3, 0.4) is 0 Å². The van der Waals surface area contributed by atoms with Gasteiger partial charge in [0.15, 0.2) is 0 Å². The van der Waals surface area contributed by atoms with Gasteiger partial charge in [-0.3, -0.25) is 8.78 Å². The molecular weight excluding hydrogens is 585 g/mol. The molecule has 0 unspecified atom stereocenters. The number of pyridine rings is 1. The Labute approximate surface area is 200 Å². The monoisotopic (exact) mass is 605 g/mol. The summed E-state index contributed by atoms with van der Waals surface area (Å²) in [6, 6.07) is 23.6. The predicted molar refractivity (Wildman–Crippen MR) is 123 cm³/mol. The molecule has 1 heterocycles. The molecule has 0 saturated heterocycles. The molecule has 6 heteroatoms. The topological polar surface area (TPSA) is 49.3 Å². The Morgan fingerprint density at radius 1 is 1.00 bits per heavy atom. The van der Waals surface area contributed by atoms with Gasteiger partial charge in [0.1, 0.15) is 0 Å². The molecule has 0 bridgehead atoms. The number of halogens is 2. The Balaban J connectivity index is 0.000000232. The number of para-hydroxylation sites is 1. The van der Waals surface area contributed by atoms with Crippen LogP contribution in [0.25, 0.3) is 32.8 Å². The van der Waals surface area contributed by atoms with Gasteiger partial charge in [-0.25, -0.2) is 0 Å². The number of fused-ring (bicyclic) bond motifs is 1. The molecule has 0 saturated carbocycles. The number of benzene rings is 3. The van der Waals surface area contributed by atoms with E-state index >= 15 is 0 Å². The minimum atomic E-state index is -0.654. The van der Waals surface area contributed by atoms with Gasteiger partial charge in [-0.05, 0) is 22.5 Å². The summed E-state index contributed by atoms with van der Waals surface area (Å²) in [4.78, 5) is 4.17. The summed E-state index contributed by atoms with van der Waals surface area (Å²) >= 11 is 0. The molecule has 4 aromatic rings. The third-order valence-corrected chi connectivity index (χ3v) is 4.25. The third-order valence-electron chi connectivity index (χ3n) is 4.25. The van der Waals surface area contributed by atoms with E-state index in [2.05, 4.69) is 16.4 Å². The molecule has 3 aromatic carbocycles. The minimum Gasteiger partial charge on any atom is -0.808 e. The van der Waals surface area contributed by atoms with Crippen molar-refractivity contribution in [1.82, 2.24) is 4.98 Å². The van der Waals surface area contributed by atoms with Gasteiger partial charge in [0, 0.05) is 17.8 Å². The summed E-state index contributed by atoms with van der Waals surface area (Å²) in [5, 5.41) is 15.0. The van der Waals surface area contributed by atoms with Crippen molar-refractivity contribution in [2.45, 2.75) is 13.8 Å². The molecule has 1 aromatic heterocycles. The molecule has 0 spiro atoms. The molecule has 162 valence electrons. The van der Waals surface area contributed by atoms with E-state index in [1.165, 1.54) is 0 Å². The van der Waals surface area contributed by atoms with Crippen molar-refractivity contribution in [3.05, 3.63) is 119 Å². The fraction of sp³-hybridized carbons (Fsp3) is 0.0769. The third kappa shape index (κ3) is 6.91. The van der Waals surface area contributed by atoms with Crippen LogP contribution in [0.1, 0.15) is 13.8 Å². The minimum absolute atomic E-state index is 0. The zero-order valence-electron chi connectivity index (χ0n) is 17.5. The van der Waals surface area contributed by atoms with Gasteiger partial charge < -0.3 is 15.7 Å². The van der Waals surface area contributed by atoms with Gasteiger partial charge in [-0.2, -0.15) is 11.4 Å². The van der Waals surface area contributed by atoms with Crippen LogP contribution in [-0.4, -0.2) is 10.7 Å². The van der Waals surface area contributed by atoms with Gasteiger partial charge in [0.2, 0.25) is 0 Å². The van der Waals surface area contributed by atoms with Crippen molar-refractivity contribution in [3.63, 3.8) is 0 Å². The number of hydrogen-bond donors (Lipinski definition) is 0. The Morgan fingerprint density at radius 2 is 1.69 bits per heavy atom. The second-order valence-electron chi connectivity index (χ2n) is 6.80. The Bertz CT molecular complexity index is 1220. The van der Waals surface area contributed by atoms with Crippen molar-refractivity contribution in [3.8, 4) is 11.3 Å². The first-order valence-corrected chi connectivity index (χ1v) is 9.62. The Hall–Kier alpha value is -3.21. The van der Waals surface area contributed by atoms with Gasteiger partial charge in [-0.15, -0.1) is 23.9 Å². The summed E-state index contributed by atoms with van der Waals surface area (Å²) < 4.78 is 26.6. The van der Waals surface area contributed by atoms with Crippen LogP contribution in [0, 0.1) is 17.7 Å². The molecule has 4 rings (SSSR count). The Morgan fingerprint density at radius 3 is 2.38 bits per heavy atom. The molecule has 3 nitrogen and oxygen atoms in total. The number of rotatable bonds is 4. The summed E-state index contributed by atoms with van der Waals surface area (Å²) in [7, 11) is 0. The van der Waals surface area contributed by atoms with E-state index in [1.54, 1.807) is 19.2 Å². The largest absolute Gasteiger partial charge is 3.00 e. The Kier molecular flexibility index (Phi) is 9.38. The molecule has 0 amide bonds. The quantitative estimate of drug-likeness (QED) is 0.175. The van der Waals surface area contributed by atoms with Crippen LogP contribution < -0.4 is 0 Å². The van der Waals surface area contributed by atoms with Crippen LogP contribution in [0.4, 0.5) is 14.5 Å². The van der Waals surface area contributed by atoms with Crippen molar-refractivity contribution in [1.29, 1.82) is 0 Å². The van der Waals surface area contributed by atoms with E-state index < -0.39 is 11.6 Å². The van der Waals surface area contributed by atoms with Crippen molar-refractivity contribution < 1.29 is 28.9 Å². The number of nitrogens with zero attached hydrogens (tertiary/aromatic N) is 3. The molecule has 0 aliphatic carbocycles. The molecule has 0 fully saturated rings. The average Bonchev–Trinajstić information content (AvgIpc) is 2.74.